The van der Waals surface area contributed by atoms with Gasteiger partial charge in [0.25, 0.3) is 0 Å². The molecule has 3 aliphatic rings. The fraction of sp³-hybridized carbons (Fsp3) is 0.438. The number of fused-ring (bicyclic) bond motifs is 4. The predicted octanol–water partition coefficient (Wildman–Crippen LogP) is 3.00. The quantitative estimate of drug-likeness (QED) is 0.693. The Bertz CT molecular complexity index is 558. The molecule has 1 atom stereocenters. The van der Waals surface area contributed by atoms with Gasteiger partial charge in [0, 0.05) is 24.2 Å². The summed E-state index contributed by atoms with van der Waals surface area (Å²) >= 11 is 0. The van der Waals surface area contributed by atoms with E-state index in [-0.39, 0.29) is 0 Å². The summed E-state index contributed by atoms with van der Waals surface area (Å²) in [6, 6.07) is 8.96. The zero-order valence-corrected chi connectivity index (χ0v) is 10.5. The third kappa shape index (κ3) is 1.32. The van der Waals surface area contributed by atoms with Crippen molar-refractivity contribution in [3.63, 3.8) is 0 Å². The molecule has 0 N–H and O–H groups in total. The molecule has 0 saturated heterocycles. The number of ketones is 1. The normalized spacial score (nSPS) is 25.9. The van der Waals surface area contributed by atoms with Gasteiger partial charge in [-0.2, -0.15) is 0 Å². The molecule has 0 aromatic heterocycles. The second kappa shape index (κ2) is 3.71. The van der Waals surface area contributed by atoms with Crippen LogP contribution >= 0.6 is 0 Å². The van der Waals surface area contributed by atoms with E-state index >= 15 is 0 Å². The third-order valence-corrected chi connectivity index (χ3v) is 4.66. The van der Waals surface area contributed by atoms with Crippen molar-refractivity contribution in [1.29, 1.82) is 0 Å². The molecular formula is C16H17NO. The molecule has 1 aromatic rings. The van der Waals surface area contributed by atoms with Crippen molar-refractivity contribution in [2.24, 2.45) is 0 Å². The Labute approximate surface area is 107 Å². The largest absolute Gasteiger partial charge is 0.367 e. The zero-order valence-electron chi connectivity index (χ0n) is 10.5. The van der Waals surface area contributed by atoms with E-state index in [1.54, 1.807) is 0 Å². The number of carbonyl (C=O) groups excluding carboxylic acids is 1. The number of benzene rings is 1. The highest BCUT2D eigenvalue weighted by Crippen LogP contribution is 2.44. The van der Waals surface area contributed by atoms with E-state index in [1.807, 2.05) is 0 Å². The van der Waals surface area contributed by atoms with E-state index in [4.69, 9.17) is 0 Å². The summed E-state index contributed by atoms with van der Waals surface area (Å²) in [7, 11) is 0. The summed E-state index contributed by atoms with van der Waals surface area (Å²) in [6.45, 7) is 1.09. The average Bonchev–Trinajstić information content (AvgIpc) is 2.89. The summed E-state index contributed by atoms with van der Waals surface area (Å²) in [5, 5.41) is 0. The van der Waals surface area contributed by atoms with Crippen LogP contribution in [0.3, 0.4) is 0 Å². The van der Waals surface area contributed by atoms with Crippen molar-refractivity contribution in [3.05, 3.63) is 46.7 Å². The molecule has 2 heterocycles. The van der Waals surface area contributed by atoms with E-state index in [9.17, 15) is 4.79 Å². The number of nitrogens with zero attached hydrogens (tertiary/aromatic N) is 1. The van der Waals surface area contributed by atoms with Crippen molar-refractivity contribution in [2.45, 2.75) is 38.1 Å². The minimum atomic E-state index is 0.319. The van der Waals surface area contributed by atoms with Gasteiger partial charge in [0.15, 0.2) is 5.78 Å². The van der Waals surface area contributed by atoms with Gasteiger partial charge in [0.2, 0.25) is 0 Å². The Hall–Kier alpha value is -1.57. The van der Waals surface area contributed by atoms with Crippen LogP contribution < -0.4 is 0 Å². The number of allylic oxidation sites excluding steroid dienone is 2. The fourth-order valence-corrected chi connectivity index (χ4v) is 3.84. The molecule has 0 unspecified atom stereocenters. The van der Waals surface area contributed by atoms with Gasteiger partial charge in [0.1, 0.15) is 0 Å². The van der Waals surface area contributed by atoms with E-state index in [0.717, 1.165) is 31.4 Å². The van der Waals surface area contributed by atoms with Gasteiger partial charge >= 0.3 is 0 Å². The third-order valence-electron chi connectivity index (χ3n) is 4.66. The summed E-state index contributed by atoms with van der Waals surface area (Å²) < 4.78 is 0. The van der Waals surface area contributed by atoms with Crippen LogP contribution in [0.25, 0.3) is 0 Å². The first kappa shape index (κ1) is 10.4. The van der Waals surface area contributed by atoms with Gasteiger partial charge in [-0.15, -0.1) is 0 Å². The number of hydrogen-bond acceptors (Lipinski definition) is 2. The number of hydrogen-bond donors (Lipinski definition) is 0. The van der Waals surface area contributed by atoms with Gasteiger partial charge in [-0.25, -0.2) is 0 Å². The maximum atomic E-state index is 12.3. The fourth-order valence-electron chi connectivity index (χ4n) is 3.84. The van der Waals surface area contributed by atoms with Crippen LogP contribution in [0.1, 0.15) is 42.9 Å². The molecule has 0 fully saturated rings. The van der Waals surface area contributed by atoms with E-state index in [0.29, 0.717) is 18.2 Å². The second-order valence-electron chi connectivity index (χ2n) is 5.56. The Morgan fingerprint density at radius 1 is 1.11 bits per heavy atom. The molecule has 92 valence electrons. The Morgan fingerprint density at radius 2 is 2.00 bits per heavy atom. The molecule has 0 saturated carbocycles. The molecule has 0 amide bonds. The van der Waals surface area contributed by atoms with Crippen molar-refractivity contribution >= 4 is 5.78 Å². The maximum absolute atomic E-state index is 12.3. The summed E-state index contributed by atoms with van der Waals surface area (Å²) in [6.07, 6.45) is 5.10. The maximum Gasteiger partial charge on any atom is 0.162 e. The van der Waals surface area contributed by atoms with Crippen LogP contribution in [0.2, 0.25) is 0 Å². The minimum Gasteiger partial charge on any atom is -0.367 e. The molecule has 1 aliphatic carbocycles. The first-order valence-electron chi connectivity index (χ1n) is 6.94. The van der Waals surface area contributed by atoms with Crippen LogP contribution in [-0.4, -0.2) is 17.2 Å². The molecule has 2 aliphatic heterocycles. The first-order valence-corrected chi connectivity index (χ1v) is 6.94. The van der Waals surface area contributed by atoms with Crippen LogP contribution in [0.5, 0.6) is 0 Å². The minimum absolute atomic E-state index is 0.319. The lowest BCUT2D eigenvalue weighted by Crippen LogP contribution is -2.39. The van der Waals surface area contributed by atoms with Crippen molar-refractivity contribution < 1.29 is 4.79 Å². The lowest BCUT2D eigenvalue weighted by atomic mass is 9.85. The van der Waals surface area contributed by atoms with Gasteiger partial charge in [0.05, 0.1) is 6.04 Å². The molecule has 2 nitrogen and oxygen atoms in total. The summed E-state index contributed by atoms with van der Waals surface area (Å²) in [4.78, 5) is 14.8. The van der Waals surface area contributed by atoms with Crippen LogP contribution in [-0.2, 0) is 11.2 Å². The van der Waals surface area contributed by atoms with E-state index in [1.165, 1.54) is 23.2 Å². The van der Waals surface area contributed by atoms with Gasteiger partial charge < -0.3 is 4.90 Å². The van der Waals surface area contributed by atoms with Gasteiger partial charge in [-0.3, -0.25) is 4.79 Å². The van der Waals surface area contributed by atoms with Crippen LogP contribution in [0.15, 0.2) is 35.5 Å². The molecule has 4 rings (SSSR count). The first-order chi connectivity index (χ1) is 8.84. The number of rotatable bonds is 0. The van der Waals surface area contributed by atoms with E-state index < -0.39 is 0 Å². The molecule has 0 radical (unpaired) electrons. The van der Waals surface area contributed by atoms with Crippen molar-refractivity contribution in [2.75, 3.05) is 6.54 Å². The monoisotopic (exact) mass is 239 g/mol. The molecule has 1 aromatic carbocycles. The van der Waals surface area contributed by atoms with Crippen LogP contribution in [0, 0.1) is 0 Å². The Kier molecular flexibility index (Phi) is 2.14. The van der Waals surface area contributed by atoms with Gasteiger partial charge in [-0.05, 0) is 36.8 Å². The topological polar surface area (TPSA) is 20.3 Å². The molecule has 0 spiro atoms. The smallest absolute Gasteiger partial charge is 0.162 e. The summed E-state index contributed by atoms with van der Waals surface area (Å²) in [5.41, 5.74) is 5.33. The standard InChI is InChI=1S/C16H17NO/c18-16-10-15-12-5-2-1-4-11(12)8-9-17(15)14-7-3-6-13(14)16/h1-2,4-5,15H,3,6-10H2/t15-/m1/s1. The molecular weight excluding hydrogens is 222 g/mol. The second-order valence-corrected chi connectivity index (χ2v) is 5.56. The number of carbonyl (C=O) groups is 1. The predicted molar refractivity (Wildman–Crippen MR) is 70.1 cm³/mol. The van der Waals surface area contributed by atoms with Crippen molar-refractivity contribution in [3.8, 4) is 0 Å². The molecule has 2 heteroatoms. The molecule has 0 bridgehead atoms. The lowest BCUT2D eigenvalue weighted by molar-refractivity contribution is -0.117. The average molecular weight is 239 g/mol. The highest BCUT2D eigenvalue weighted by molar-refractivity contribution is 5.98. The van der Waals surface area contributed by atoms with Crippen LogP contribution in [0.4, 0.5) is 0 Å². The molecule has 18 heavy (non-hydrogen) atoms. The SMILES string of the molecule is O=C1C[C@@H]2c3ccccc3CCN2C2=C1CCC2. The zero-order chi connectivity index (χ0) is 12.1. The van der Waals surface area contributed by atoms with Crippen molar-refractivity contribution in [1.82, 2.24) is 4.90 Å². The Balaban J connectivity index is 1.82. The summed E-state index contributed by atoms with van der Waals surface area (Å²) in [5.74, 6) is 0.403. The Morgan fingerprint density at radius 3 is 2.94 bits per heavy atom. The highest BCUT2D eigenvalue weighted by Gasteiger charge is 2.38. The van der Waals surface area contributed by atoms with Gasteiger partial charge in [-0.1, -0.05) is 24.3 Å². The van der Waals surface area contributed by atoms with E-state index in [2.05, 4.69) is 29.2 Å². The highest BCUT2D eigenvalue weighted by atomic mass is 16.1. The number of Topliss-reactive ketones (excluding diaryl/α,β-unsaturated/α-hetero) is 1. The lowest BCUT2D eigenvalue weighted by Gasteiger charge is -2.42.